The molecular formula is C32H41ClN2O7. The van der Waals surface area contributed by atoms with E-state index in [9.17, 15) is 19.5 Å². The first kappa shape index (κ1) is 31.8. The van der Waals surface area contributed by atoms with Crippen molar-refractivity contribution in [2.75, 3.05) is 45.4 Å². The molecule has 1 saturated heterocycles. The van der Waals surface area contributed by atoms with Gasteiger partial charge in [-0.3, -0.25) is 9.59 Å². The smallest absolute Gasteiger partial charge is 0.256 e. The fourth-order valence-electron chi connectivity index (χ4n) is 5.79. The van der Waals surface area contributed by atoms with Crippen LogP contribution in [0, 0.1) is 11.3 Å². The molecule has 1 unspecified atom stereocenters. The standard InChI is InChI=1S/C32H41ClN2O7/c1-20(37)15-21-11-13-34(14-12-21)28(38)17-27-31(39)35(18-32(2,3)19-36)25-10-9-22(33)16-24(25)29(42-27)23-7-6-8-26(40-4)30(23)41-5/h6-10,16,21,27,29,36H,11-15,17-19H2,1-5H3/t27-,29?/m1/s1. The van der Waals surface area contributed by atoms with Gasteiger partial charge < -0.3 is 33.9 Å². The number of para-hydroxylation sites is 1. The molecule has 0 spiro atoms. The number of halogens is 1. The molecule has 2 heterocycles. The highest BCUT2D eigenvalue weighted by Crippen LogP contribution is 2.45. The van der Waals surface area contributed by atoms with E-state index in [1.165, 1.54) is 7.11 Å². The number of fused-ring (bicyclic) bond motifs is 1. The van der Waals surface area contributed by atoms with Crippen LogP contribution in [0.1, 0.15) is 63.7 Å². The summed E-state index contributed by atoms with van der Waals surface area (Å²) >= 11 is 6.49. The third-order valence-corrected chi connectivity index (χ3v) is 8.27. The van der Waals surface area contributed by atoms with E-state index in [1.54, 1.807) is 48.1 Å². The molecule has 228 valence electrons. The first-order valence-electron chi connectivity index (χ1n) is 14.3. The van der Waals surface area contributed by atoms with Gasteiger partial charge in [0.1, 0.15) is 18.0 Å². The number of hydrogen-bond donors (Lipinski definition) is 1. The van der Waals surface area contributed by atoms with Gasteiger partial charge in [0.2, 0.25) is 5.91 Å². The van der Waals surface area contributed by atoms with Crippen LogP contribution in [0.5, 0.6) is 11.5 Å². The summed E-state index contributed by atoms with van der Waals surface area (Å²) in [4.78, 5) is 42.8. The van der Waals surface area contributed by atoms with E-state index in [2.05, 4.69) is 0 Å². The lowest BCUT2D eigenvalue weighted by atomic mass is 9.91. The first-order chi connectivity index (χ1) is 20.0. The molecule has 2 atom stereocenters. The van der Waals surface area contributed by atoms with Gasteiger partial charge in [-0.25, -0.2) is 0 Å². The van der Waals surface area contributed by atoms with E-state index in [4.69, 9.17) is 25.8 Å². The van der Waals surface area contributed by atoms with E-state index in [1.807, 2.05) is 26.0 Å². The molecule has 10 heteroatoms. The highest BCUT2D eigenvalue weighted by molar-refractivity contribution is 6.30. The molecular weight excluding hydrogens is 560 g/mol. The van der Waals surface area contributed by atoms with Gasteiger partial charge in [-0.2, -0.15) is 0 Å². The minimum Gasteiger partial charge on any atom is -0.493 e. The molecule has 0 radical (unpaired) electrons. The van der Waals surface area contributed by atoms with Crippen LogP contribution in [0.25, 0.3) is 0 Å². The van der Waals surface area contributed by atoms with Gasteiger partial charge >= 0.3 is 0 Å². The van der Waals surface area contributed by atoms with Crippen LogP contribution in [-0.4, -0.2) is 74.2 Å². The van der Waals surface area contributed by atoms with Crippen molar-refractivity contribution in [1.29, 1.82) is 0 Å². The minimum atomic E-state index is -1.12. The van der Waals surface area contributed by atoms with Gasteiger partial charge in [0.15, 0.2) is 11.5 Å². The molecule has 0 aliphatic carbocycles. The Labute approximate surface area is 252 Å². The predicted octanol–water partition coefficient (Wildman–Crippen LogP) is 4.80. The molecule has 4 rings (SSSR count). The summed E-state index contributed by atoms with van der Waals surface area (Å²) in [5.41, 5.74) is 1.21. The van der Waals surface area contributed by atoms with Crippen molar-refractivity contribution >= 4 is 34.9 Å². The molecule has 0 aromatic heterocycles. The van der Waals surface area contributed by atoms with Gasteiger partial charge in [0.05, 0.1) is 20.6 Å². The van der Waals surface area contributed by atoms with Crippen molar-refractivity contribution in [1.82, 2.24) is 4.90 Å². The van der Waals surface area contributed by atoms with Gasteiger partial charge in [-0.15, -0.1) is 0 Å². The molecule has 1 N–H and O–H groups in total. The van der Waals surface area contributed by atoms with Gasteiger partial charge in [-0.05, 0) is 49.9 Å². The van der Waals surface area contributed by atoms with Crippen molar-refractivity contribution in [2.45, 2.75) is 58.7 Å². The molecule has 0 saturated carbocycles. The molecule has 2 aliphatic heterocycles. The number of likely N-dealkylation sites (tertiary alicyclic amines) is 1. The topological polar surface area (TPSA) is 106 Å². The number of carbonyl (C=O) groups is 3. The Morgan fingerprint density at radius 3 is 2.40 bits per heavy atom. The second-order valence-corrected chi connectivity index (χ2v) is 12.4. The molecule has 2 amide bonds. The number of ketones is 1. The van der Waals surface area contributed by atoms with Gasteiger partial charge in [0.25, 0.3) is 5.91 Å². The largest absolute Gasteiger partial charge is 0.493 e. The quantitative estimate of drug-likeness (QED) is 0.417. The van der Waals surface area contributed by atoms with Crippen molar-refractivity contribution < 1.29 is 33.7 Å². The summed E-state index contributed by atoms with van der Waals surface area (Å²) in [7, 11) is 3.08. The summed E-state index contributed by atoms with van der Waals surface area (Å²) in [6.07, 6.45) is -0.0727. The fraction of sp³-hybridized carbons (Fsp3) is 0.531. The number of benzene rings is 2. The maximum absolute atomic E-state index is 14.3. The van der Waals surface area contributed by atoms with Crippen molar-refractivity contribution in [3.8, 4) is 11.5 Å². The van der Waals surface area contributed by atoms with E-state index in [0.717, 1.165) is 12.8 Å². The Bertz CT molecular complexity index is 1310. The summed E-state index contributed by atoms with van der Waals surface area (Å²) < 4.78 is 17.9. The number of aliphatic hydroxyl groups is 1. The number of ether oxygens (including phenoxy) is 3. The third kappa shape index (κ3) is 7.07. The van der Waals surface area contributed by atoms with Crippen LogP contribution in [0.2, 0.25) is 5.02 Å². The molecule has 2 aromatic carbocycles. The number of nitrogens with zero attached hydrogens (tertiary/aromatic N) is 2. The first-order valence-corrected chi connectivity index (χ1v) is 14.7. The van der Waals surface area contributed by atoms with E-state index in [0.29, 0.717) is 52.8 Å². The zero-order valence-electron chi connectivity index (χ0n) is 25.0. The Morgan fingerprint density at radius 2 is 1.79 bits per heavy atom. The number of Topliss-reactive ketones (excluding diaryl/α,β-unsaturated/α-hetero) is 1. The molecule has 2 aromatic rings. The fourth-order valence-corrected chi connectivity index (χ4v) is 5.97. The number of piperidine rings is 1. The molecule has 1 fully saturated rings. The summed E-state index contributed by atoms with van der Waals surface area (Å²) in [5.74, 6) is 0.812. The molecule has 0 bridgehead atoms. The lowest BCUT2D eigenvalue weighted by Gasteiger charge is -2.34. The monoisotopic (exact) mass is 600 g/mol. The Balaban J connectivity index is 1.74. The maximum Gasteiger partial charge on any atom is 0.256 e. The Morgan fingerprint density at radius 1 is 1.07 bits per heavy atom. The van der Waals surface area contributed by atoms with Crippen LogP contribution in [0.4, 0.5) is 5.69 Å². The average Bonchev–Trinajstić information content (AvgIpc) is 3.06. The predicted molar refractivity (Wildman–Crippen MR) is 160 cm³/mol. The summed E-state index contributed by atoms with van der Waals surface area (Å²) in [5, 5.41) is 10.5. The number of anilines is 1. The lowest BCUT2D eigenvalue weighted by Crippen LogP contribution is -2.47. The lowest BCUT2D eigenvalue weighted by molar-refractivity contribution is -0.144. The normalized spacial score (nSPS) is 19.7. The number of hydrogen-bond acceptors (Lipinski definition) is 7. The highest BCUT2D eigenvalue weighted by Gasteiger charge is 2.41. The number of methoxy groups -OCH3 is 2. The summed E-state index contributed by atoms with van der Waals surface area (Å²) in [6, 6.07) is 10.7. The maximum atomic E-state index is 14.3. The Kier molecular flexibility index (Phi) is 10.2. The van der Waals surface area contributed by atoms with Gasteiger partial charge in [-0.1, -0.05) is 37.6 Å². The average molecular weight is 601 g/mol. The molecule has 9 nitrogen and oxygen atoms in total. The highest BCUT2D eigenvalue weighted by atomic mass is 35.5. The van der Waals surface area contributed by atoms with Crippen LogP contribution in [-0.2, 0) is 19.1 Å². The second kappa shape index (κ2) is 13.4. The van der Waals surface area contributed by atoms with Crippen LogP contribution >= 0.6 is 11.6 Å². The zero-order valence-corrected chi connectivity index (χ0v) is 25.8. The van der Waals surface area contributed by atoms with E-state index < -0.39 is 17.6 Å². The number of rotatable bonds is 10. The van der Waals surface area contributed by atoms with E-state index in [-0.39, 0.29) is 43.1 Å². The molecule has 2 aliphatic rings. The van der Waals surface area contributed by atoms with Crippen molar-refractivity contribution in [2.24, 2.45) is 11.3 Å². The second-order valence-electron chi connectivity index (χ2n) is 12.0. The van der Waals surface area contributed by atoms with Crippen LogP contribution in [0.3, 0.4) is 0 Å². The van der Waals surface area contributed by atoms with Crippen molar-refractivity contribution in [3.05, 3.63) is 52.5 Å². The van der Waals surface area contributed by atoms with Gasteiger partial charge in [0, 0.05) is 59.9 Å². The number of amides is 2. The van der Waals surface area contributed by atoms with Crippen LogP contribution in [0.15, 0.2) is 36.4 Å². The SMILES string of the molecule is COc1cccc(C2O[C@H](CC(=O)N3CCC(CC(C)=O)CC3)C(=O)N(CC(C)(C)CO)c3ccc(Cl)cc32)c1OC. The zero-order chi connectivity index (χ0) is 30.6. The Hall–Kier alpha value is -3.14. The minimum absolute atomic E-state index is 0.146. The number of carbonyl (C=O) groups excluding carboxylic acids is 3. The summed E-state index contributed by atoms with van der Waals surface area (Å²) in [6.45, 7) is 6.44. The van der Waals surface area contributed by atoms with Crippen LogP contribution < -0.4 is 14.4 Å². The number of aliphatic hydroxyl groups excluding tert-OH is 1. The van der Waals surface area contributed by atoms with Crippen molar-refractivity contribution in [3.63, 3.8) is 0 Å². The third-order valence-electron chi connectivity index (χ3n) is 8.04. The molecule has 42 heavy (non-hydrogen) atoms. The van der Waals surface area contributed by atoms with E-state index >= 15 is 0 Å².